The van der Waals surface area contributed by atoms with Gasteiger partial charge in [-0.05, 0) is 42.5 Å². The molecule has 0 saturated heterocycles. The molecule has 0 aliphatic rings. The highest BCUT2D eigenvalue weighted by atomic mass is 32.2. The van der Waals surface area contributed by atoms with Crippen LogP contribution in [0.1, 0.15) is 36.1 Å². The number of hydrogen-bond acceptors (Lipinski definition) is 6. The number of nitrogens with two attached hydrogens (primary N) is 1. The number of amides is 2. The number of aromatic nitrogens is 4. The van der Waals surface area contributed by atoms with E-state index < -0.39 is 5.91 Å². The molecule has 0 saturated carbocycles. The van der Waals surface area contributed by atoms with E-state index in [-0.39, 0.29) is 17.7 Å². The van der Waals surface area contributed by atoms with Gasteiger partial charge in [0.15, 0.2) is 5.82 Å². The topological polar surface area (TPSA) is 116 Å². The molecule has 1 aromatic heterocycles. The zero-order valence-corrected chi connectivity index (χ0v) is 13.7. The molecule has 0 bridgehead atoms. The average Bonchev–Trinajstić information content (AvgIpc) is 2.96. The lowest BCUT2D eigenvalue weighted by Crippen LogP contribution is -2.16. The Hall–Kier alpha value is -2.42. The molecule has 1 heterocycles. The number of benzene rings is 1. The summed E-state index contributed by atoms with van der Waals surface area (Å²) in [5.41, 5.74) is 6.10. The van der Waals surface area contributed by atoms with Crippen LogP contribution in [0.15, 0.2) is 24.3 Å². The minimum absolute atomic E-state index is 0.166. The Morgan fingerprint density at radius 3 is 2.87 bits per heavy atom. The number of primary amides is 1. The summed E-state index contributed by atoms with van der Waals surface area (Å²) in [7, 11) is 0. The molecule has 1 aromatic carbocycles. The van der Waals surface area contributed by atoms with Crippen molar-refractivity contribution in [3.63, 3.8) is 0 Å². The van der Waals surface area contributed by atoms with Crippen LogP contribution in [-0.2, 0) is 10.5 Å². The van der Waals surface area contributed by atoms with Gasteiger partial charge in [-0.2, -0.15) is 0 Å². The van der Waals surface area contributed by atoms with Gasteiger partial charge in [-0.15, -0.1) is 16.9 Å². The molecule has 122 valence electrons. The Balaban J connectivity index is 1.85. The average molecular weight is 334 g/mol. The Morgan fingerprint density at radius 2 is 2.17 bits per heavy atom. The van der Waals surface area contributed by atoms with Crippen molar-refractivity contribution in [1.29, 1.82) is 0 Å². The lowest BCUT2D eigenvalue weighted by Gasteiger charge is -2.08. The number of anilines is 1. The molecular weight excluding hydrogens is 316 g/mol. The highest BCUT2D eigenvalue weighted by Crippen LogP contribution is 2.14. The van der Waals surface area contributed by atoms with Gasteiger partial charge in [-0.25, -0.2) is 4.68 Å². The van der Waals surface area contributed by atoms with Crippen molar-refractivity contribution in [2.75, 3.05) is 11.1 Å². The summed E-state index contributed by atoms with van der Waals surface area (Å²) >= 11 is 1.41. The van der Waals surface area contributed by atoms with Crippen LogP contribution < -0.4 is 11.1 Å². The second-order valence-corrected chi connectivity index (χ2v) is 6.11. The predicted octanol–water partition coefficient (Wildman–Crippen LogP) is 1.22. The molecule has 2 amide bonds. The van der Waals surface area contributed by atoms with E-state index in [0.717, 1.165) is 5.82 Å². The van der Waals surface area contributed by atoms with Crippen LogP contribution in [-0.4, -0.2) is 37.8 Å². The number of carbonyl (C=O) groups is 2. The summed E-state index contributed by atoms with van der Waals surface area (Å²) in [6, 6.07) is 6.68. The first kappa shape index (κ1) is 16.9. The molecule has 0 radical (unpaired) electrons. The van der Waals surface area contributed by atoms with E-state index >= 15 is 0 Å². The van der Waals surface area contributed by atoms with Gasteiger partial charge in [-0.3, -0.25) is 9.59 Å². The first-order valence-electron chi connectivity index (χ1n) is 7.01. The lowest BCUT2D eigenvalue weighted by atomic mass is 10.2. The second kappa shape index (κ2) is 7.73. The van der Waals surface area contributed by atoms with Gasteiger partial charge in [0.1, 0.15) is 0 Å². The molecule has 8 nitrogen and oxygen atoms in total. The monoisotopic (exact) mass is 334 g/mol. The molecule has 0 unspecified atom stereocenters. The number of nitrogens with one attached hydrogen (secondary N) is 1. The summed E-state index contributed by atoms with van der Waals surface area (Å²) in [6.07, 6.45) is 0. The molecule has 9 heteroatoms. The predicted molar refractivity (Wildman–Crippen MR) is 88.0 cm³/mol. The Labute approximate surface area is 137 Å². The highest BCUT2D eigenvalue weighted by Gasteiger charge is 2.11. The smallest absolute Gasteiger partial charge is 0.248 e. The van der Waals surface area contributed by atoms with Gasteiger partial charge in [0.2, 0.25) is 11.8 Å². The fourth-order valence-corrected chi connectivity index (χ4v) is 2.62. The summed E-state index contributed by atoms with van der Waals surface area (Å²) in [5.74, 6) is 0.829. The minimum Gasteiger partial charge on any atom is -0.366 e. The van der Waals surface area contributed by atoms with Crippen LogP contribution in [0.25, 0.3) is 0 Å². The van der Waals surface area contributed by atoms with Gasteiger partial charge in [0, 0.05) is 11.3 Å². The zero-order valence-electron chi connectivity index (χ0n) is 12.9. The Bertz CT molecular complexity index is 700. The van der Waals surface area contributed by atoms with Crippen molar-refractivity contribution in [3.05, 3.63) is 35.7 Å². The maximum Gasteiger partial charge on any atom is 0.248 e. The van der Waals surface area contributed by atoms with Crippen molar-refractivity contribution in [1.82, 2.24) is 20.2 Å². The molecule has 0 aliphatic heterocycles. The van der Waals surface area contributed by atoms with Gasteiger partial charge in [-0.1, -0.05) is 6.07 Å². The van der Waals surface area contributed by atoms with Crippen LogP contribution >= 0.6 is 11.8 Å². The SMILES string of the molecule is CC(C)n1nnnc1CSCC(=O)Nc1cccc(C(N)=O)c1. The Morgan fingerprint density at radius 1 is 1.39 bits per heavy atom. The third-order valence-corrected chi connectivity index (χ3v) is 3.87. The standard InChI is InChI=1S/C14H18N6O2S/c1-9(2)20-12(17-18-19-20)7-23-8-13(21)16-11-5-3-4-10(6-11)14(15)22/h3-6,9H,7-8H2,1-2H3,(H2,15,22)(H,16,21). The number of carbonyl (C=O) groups excluding carboxylic acids is 2. The van der Waals surface area contributed by atoms with Gasteiger partial charge < -0.3 is 11.1 Å². The van der Waals surface area contributed by atoms with Crippen LogP contribution in [0, 0.1) is 0 Å². The Kier molecular flexibility index (Phi) is 5.69. The maximum absolute atomic E-state index is 11.9. The third-order valence-electron chi connectivity index (χ3n) is 2.95. The van der Waals surface area contributed by atoms with Crippen molar-refractivity contribution < 1.29 is 9.59 Å². The second-order valence-electron chi connectivity index (χ2n) is 5.12. The molecule has 0 fully saturated rings. The maximum atomic E-state index is 11.9. The normalized spacial score (nSPS) is 10.7. The largest absolute Gasteiger partial charge is 0.366 e. The fraction of sp³-hybridized carbons (Fsp3) is 0.357. The lowest BCUT2D eigenvalue weighted by molar-refractivity contribution is -0.113. The van der Waals surface area contributed by atoms with Crippen molar-refractivity contribution in [3.8, 4) is 0 Å². The van der Waals surface area contributed by atoms with E-state index in [0.29, 0.717) is 17.0 Å². The number of thioether (sulfide) groups is 1. The van der Waals surface area contributed by atoms with Crippen LogP contribution in [0.2, 0.25) is 0 Å². The molecule has 0 aliphatic carbocycles. The molecule has 3 N–H and O–H groups in total. The summed E-state index contributed by atoms with van der Waals surface area (Å²) in [4.78, 5) is 23.0. The van der Waals surface area contributed by atoms with E-state index in [1.54, 1.807) is 28.9 Å². The van der Waals surface area contributed by atoms with E-state index in [4.69, 9.17) is 5.73 Å². The van der Waals surface area contributed by atoms with Crippen LogP contribution in [0.5, 0.6) is 0 Å². The van der Waals surface area contributed by atoms with E-state index in [2.05, 4.69) is 20.8 Å². The van der Waals surface area contributed by atoms with Gasteiger partial charge in [0.05, 0.1) is 17.5 Å². The molecular formula is C14H18N6O2S. The molecule has 0 atom stereocenters. The van der Waals surface area contributed by atoms with Crippen molar-refractivity contribution in [2.24, 2.45) is 5.73 Å². The van der Waals surface area contributed by atoms with Gasteiger partial charge in [0.25, 0.3) is 0 Å². The van der Waals surface area contributed by atoms with E-state index in [1.807, 2.05) is 13.8 Å². The van der Waals surface area contributed by atoms with Gasteiger partial charge >= 0.3 is 0 Å². The summed E-state index contributed by atoms with van der Waals surface area (Å²) in [5, 5.41) is 14.2. The van der Waals surface area contributed by atoms with Crippen LogP contribution in [0.4, 0.5) is 5.69 Å². The fourth-order valence-electron chi connectivity index (χ4n) is 1.89. The van der Waals surface area contributed by atoms with Crippen molar-refractivity contribution >= 4 is 29.3 Å². The first-order chi connectivity index (χ1) is 11.0. The molecule has 23 heavy (non-hydrogen) atoms. The highest BCUT2D eigenvalue weighted by molar-refractivity contribution is 7.99. The summed E-state index contributed by atoms with van der Waals surface area (Å²) < 4.78 is 1.72. The third kappa shape index (κ3) is 4.78. The minimum atomic E-state index is -0.531. The molecule has 2 rings (SSSR count). The zero-order chi connectivity index (χ0) is 16.8. The van der Waals surface area contributed by atoms with Crippen LogP contribution in [0.3, 0.4) is 0 Å². The summed E-state index contributed by atoms with van der Waals surface area (Å²) in [6.45, 7) is 3.98. The number of rotatable bonds is 7. The van der Waals surface area contributed by atoms with E-state index in [1.165, 1.54) is 11.8 Å². The van der Waals surface area contributed by atoms with E-state index in [9.17, 15) is 9.59 Å². The quantitative estimate of drug-likeness (QED) is 0.786. The first-order valence-corrected chi connectivity index (χ1v) is 8.17. The van der Waals surface area contributed by atoms with Crippen molar-refractivity contribution in [2.45, 2.75) is 25.6 Å². The molecule has 2 aromatic rings. The number of tetrazole rings is 1. The number of nitrogens with zero attached hydrogens (tertiary/aromatic N) is 4. The molecule has 0 spiro atoms. The number of hydrogen-bond donors (Lipinski definition) is 2.